The average molecular weight is 193 g/mol. The van der Waals surface area contributed by atoms with Crippen molar-refractivity contribution < 1.29 is 0 Å². The molecule has 2 atom stereocenters. The summed E-state index contributed by atoms with van der Waals surface area (Å²) in [6.07, 6.45) is 1.79. The van der Waals surface area contributed by atoms with E-state index in [1.54, 1.807) is 6.20 Å². The predicted octanol–water partition coefficient (Wildman–Crippen LogP) is -0.498. The largest absolute Gasteiger partial charge is 0.370 e. The first kappa shape index (κ1) is 9.39. The molecule has 1 fully saturated rings. The molecule has 0 aromatic carbocycles. The van der Waals surface area contributed by atoms with Crippen LogP contribution < -0.4 is 21.9 Å². The van der Waals surface area contributed by atoms with Gasteiger partial charge in [0, 0.05) is 25.2 Å². The number of nitrogens with one attached hydrogen (secondary N) is 3. The third-order valence-electron chi connectivity index (χ3n) is 2.35. The highest BCUT2D eigenvalue weighted by atomic mass is 15.4. The van der Waals surface area contributed by atoms with Crippen molar-refractivity contribution in [3.63, 3.8) is 0 Å². The quantitative estimate of drug-likeness (QED) is 0.521. The summed E-state index contributed by atoms with van der Waals surface area (Å²) in [7, 11) is 0. The fourth-order valence-electron chi connectivity index (χ4n) is 1.45. The number of hydrogen-bond acceptors (Lipinski definition) is 5. The van der Waals surface area contributed by atoms with Crippen LogP contribution in [0.4, 0.5) is 5.82 Å². The monoisotopic (exact) mass is 193 g/mol. The fraction of sp³-hybridized carbons (Fsp3) is 0.444. The molecule has 0 amide bonds. The fourth-order valence-corrected chi connectivity index (χ4v) is 1.45. The van der Waals surface area contributed by atoms with Gasteiger partial charge in [0.2, 0.25) is 0 Å². The molecule has 76 valence electrons. The highest BCUT2D eigenvalue weighted by Crippen LogP contribution is 2.06. The number of hydrogen-bond donors (Lipinski definition) is 4. The van der Waals surface area contributed by atoms with Gasteiger partial charge in [-0.05, 0) is 12.1 Å². The second-order valence-electron chi connectivity index (χ2n) is 3.41. The number of nitrogens with two attached hydrogens (primary N) is 1. The molecule has 0 saturated carbocycles. The van der Waals surface area contributed by atoms with Crippen molar-refractivity contribution in [1.29, 1.82) is 0 Å². The zero-order chi connectivity index (χ0) is 9.80. The van der Waals surface area contributed by atoms with E-state index >= 15 is 0 Å². The summed E-state index contributed by atoms with van der Waals surface area (Å²) in [5, 5.41) is 3.25. The van der Waals surface area contributed by atoms with Crippen LogP contribution in [0.25, 0.3) is 0 Å². The zero-order valence-corrected chi connectivity index (χ0v) is 7.90. The minimum Gasteiger partial charge on any atom is -0.370 e. The molecule has 1 aliphatic heterocycles. The van der Waals surface area contributed by atoms with Crippen LogP contribution in [-0.2, 0) is 0 Å². The predicted molar refractivity (Wildman–Crippen MR) is 55.3 cm³/mol. The second-order valence-corrected chi connectivity index (χ2v) is 3.41. The van der Waals surface area contributed by atoms with Crippen molar-refractivity contribution >= 4 is 5.82 Å². The van der Waals surface area contributed by atoms with Crippen LogP contribution in [0.2, 0.25) is 0 Å². The molecule has 0 bridgehead atoms. The molecular formula is C9H15N5. The van der Waals surface area contributed by atoms with Crippen molar-refractivity contribution in [3.05, 3.63) is 24.4 Å². The summed E-state index contributed by atoms with van der Waals surface area (Å²) >= 11 is 0. The highest BCUT2D eigenvalue weighted by molar-refractivity contribution is 5.33. The summed E-state index contributed by atoms with van der Waals surface area (Å²) in [4.78, 5) is 4.17. The first-order valence-corrected chi connectivity index (χ1v) is 4.75. The van der Waals surface area contributed by atoms with Gasteiger partial charge in [-0.2, -0.15) is 0 Å². The van der Waals surface area contributed by atoms with Crippen molar-refractivity contribution in [2.45, 2.75) is 6.17 Å². The van der Waals surface area contributed by atoms with Gasteiger partial charge < -0.3 is 11.1 Å². The molecule has 5 nitrogen and oxygen atoms in total. The van der Waals surface area contributed by atoms with Crippen molar-refractivity contribution in [3.8, 4) is 0 Å². The molecule has 5 N–H and O–H groups in total. The Bertz CT molecular complexity index is 276. The summed E-state index contributed by atoms with van der Waals surface area (Å²) in [6.45, 7) is 1.72. The lowest BCUT2D eigenvalue weighted by Crippen LogP contribution is -2.41. The summed E-state index contributed by atoms with van der Waals surface area (Å²) in [5.74, 6) is 1.30. The van der Waals surface area contributed by atoms with Crippen LogP contribution >= 0.6 is 0 Å². The Balaban J connectivity index is 1.82. The topological polar surface area (TPSA) is 75.0 Å². The molecule has 2 heterocycles. The van der Waals surface area contributed by atoms with E-state index in [1.807, 2.05) is 18.2 Å². The molecule has 14 heavy (non-hydrogen) atoms. The van der Waals surface area contributed by atoms with Gasteiger partial charge in [-0.25, -0.2) is 10.4 Å². The Morgan fingerprint density at radius 2 is 2.50 bits per heavy atom. The molecule has 2 unspecified atom stereocenters. The first-order chi connectivity index (χ1) is 6.86. The van der Waals surface area contributed by atoms with Gasteiger partial charge >= 0.3 is 0 Å². The van der Waals surface area contributed by atoms with E-state index in [4.69, 9.17) is 5.73 Å². The normalized spacial score (nSPS) is 26.4. The van der Waals surface area contributed by atoms with E-state index in [0.717, 1.165) is 18.9 Å². The minimum atomic E-state index is 0.0196. The molecular weight excluding hydrogens is 178 g/mol. The lowest BCUT2D eigenvalue weighted by molar-refractivity contribution is 0.487. The maximum absolute atomic E-state index is 5.81. The standard InChI is InChI=1S/C9H15N5/c10-9-7(6-13-14-9)5-12-8-3-1-2-4-11-8/h1-4,7,9,13-14H,5-6,10H2,(H,11,12). The molecule has 1 aliphatic rings. The third kappa shape index (κ3) is 2.20. The minimum absolute atomic E-state index is 0.0196. The van der Waals surface area contributed by atoms with E-state index in [2.05, 4.69) is 21.2 Å². The Labute approximate surface area is 83.1 Å². The molecule has 5 heteroatoms. The van der Waals surface area contributed by atoms with Gasteiger partial charge in [0.15, 0.2) is 0 Å². The lowest BCUT2D eigenvalue weighted by Gasteiger charge is -2.14. The van der Waals surface area contributed by atoms with Gasteiger partial charge in [0.25, 0.3) is 0 Å². The number of pyridine rings is 1. The smallest absolute Gasteiger partial charge is 0.125 e. The van der Waals surface area contributed by atoms with E-state index in [9.17, 15) is 0 Å². The summed E-state index contributed by atoms with van der Waals surface area (Å²) in [5.41, 5.74) is 11.8. The van der Waals surface area contributed by atoms with Crippen molar-refractivity contribution in [1.82, 2.24) is 15.8 Å². The maximum Gasteiger partial charge on any atom is 0.125 e. The van der Waals surface area contributed by atoms with Gasteiger partial charge in [-0.1, -0.05) is 6.07 Å². The Morgan fingerprint density at radius 3 is 3.14 bits per heavy atom. The number of nitrogens with zero attached hydrogens (tertiary/aromatic N) is 1. The number of aromatic nitrogens is 1. The molecule has 2 rings (SSSR count). The van der Waals surface area contributed by atoms with E-state index in [0.29, 0.717) is 5.92 Å². The molecule has 1 aromatic heterocycles. The molecule has 1 saturated heterocycles. The summed E-state index contributed by atoms with van der Waals surface area (Å²) in [6, 6.07) is 5.80. The summed E-state index contributed by atoms with van der Waals surface area (Å²) < 4.78 is 0. The zero-order valence-electron chi connectivity index (χ0n) is 7.90. The van der Waals surface area contributed by atoms with E-state index in [1.165, 1.54) is 0 Å². The molecule has 0 radical (unpaired) electrons. The second kappa shape index (κ2) is 4.36. The Morgan fingerprint density at radius 1 is 1.57 bits per heavy atom. The lowest BCUT2D eigenvalue weighted by atomic mass is 10.1. The third-order valence-corrected chi connectivity index (χ3v) is 2.35. The average Bonchev–Trinajstić information content (AvgIpc) is 2.63. The van der Waals surface area contributed by atoms with Gasteiger partial charge in [0.1, 0.15) is 5.82 Å². The van der Waals surface area contributed by atoms with Crippen LogP contribution in [0, 0.1) is 5.92 Å². The van der Waals surface area contributed by atoms with Gasteiger partial charge in [-0.15, -0.1) is 0 Å². The van der Waals surface area contributed by atoms with Crippen molar-refractivity contribution in [2.75, 3.05) is 18.4 Å². The van der Waals surface area contributed by atoms with Crippen LogP contribution in [-0.4, -0.2) is 24.2 Å². The van der Waals surface area contributed by atoms with Crippen molar-refractivity contribution in [2.24, 2.45) is 11.7 Å². The van der Waals surface area contributed by atoms with Crippen LogP contribution in [0.3, 0.4) is 0 Å². The Kier molecular flexibility index (Phi) is 2.93. The van der Waals surface area contributed by atoms with Gasteiger partial charge in [0.05, 0.1) is 6.17 Å². The Hall–Kier alpha value is -1.17. The van der Waals surface area contributed by atoms with Gasteiger partial charge in [-0.3, -0.25) is 5.43 Å². The van der Waals surface area contributed by atoms with Crippen LogP contribution in [0.15, 0.2) is 24.4 Å². The highest BCUT2D eigenvalue weighted by Gasteiger charge is 2.22. The number of hydrazine groups is 1. The van der Waals surface area contributed by atoms with Crippen LogP contribution in [0.1, 0.15) is 0 Å². The number of anilines is 1. The first-order valence-electron chi connectivity index (χ1n) is 4.75. The molecule has 1 aromatic rings. The maximum atomic E-state index is 5.81. The molecule has 0 spiro atoms. The molecule has 0 aliphatic carbocycles. The van der Waals surface area contributed by atoms with E-state index in [-0.39, 0.29) is 6.17 Å². The number of rotatable bonds is 3. The SMILES string of the molecule is NC1NNCC1CNc1ccccn1. The van der Waals surface area contributed by atoms with E-state index < -0.39 is 0 Å². The van der Waals surface area contributed by atoms with Crippen LogP contribution in [0.5, 0.6) is 0 Å².